The molecule has 230 valence electrons. The number of fused-ring (bicyclic) bond motifs is 1. The van der Waals surface area contributed by atoms with Crippen LogP contribution in [0.25, 0.3) is 0 Å². The zero-order valence-electron chi connectivity index (χ0n) is 23.1. The molecule has 12 nitrogen and oxygen atoms in total. The molecule has 16 heteroatoms. The normalized spacial score (nSPS) is 18.0. The van der Waals surface area contributed by atoms with Crippen LogP contribution in [-0.4, -0.2) is 66.0 Å². The molecule has 45 heavy (non-hydrogen) atoms. The minimum atomic E-state index is -1.10. The van der Waals surface area contributed by atoms with Crippen molar-refractivity contribution < 1.29 is 28.7 Å². The highest BCUT2D eigenvalue weighted by Gasteiger charge is 2.55. The Kier molecular flexibility index (Phi) is 8.86. The van der Waals surface area contributed by atoms with E-state index in [0.717, 1.165) is 16.7 Å². The van der Waals surface area contributed by atoms with Crippen molar-refractivity contribution in [3.8, 4) is 0 Å². The number of aromatic amines is 1. The van der Waals surface area contributed by atoms with Gasteiger partial charge in [-0.3, -0.25) is 19.6 Å². The molecule has 5 N–H and O–H groups in total. The number of β-lactam (4-membered cyclic amide) rings is 1. The van der Waals surface area contributed by atoms with Crippen LogP contribution >= 0.6 is 34.9 Å². The number of hydrogen-bond acceptors (Lipinski definition) is 12. The predicted molar refractivity (Wildman–Crippen MR) is 168 cm³/mol. The maximum absolute atomic E-state index is 14.3. The number of nitrogens with two attached hydrogens (primary N) is 1. The number of nitrogen functional groups attached to an aromatic ring is 1. The number of nitrogens with one attached hydrogen (secondary N) is 2. The summed E-state index contributed by atoms with van der Waals surface area (Å²) in [5.41, 5.74) is 6.72. The van der Waals surface area contributed by atoms with E-state index >= 15 is 0 Å². The van der Waals surface area contributed by atoms with Gasteiger partial charge in [0, 0.05) is 28.2 Å². The van der Waals surface area contributed by atoms with Gasteiger partial charge >= 0.3 is 5.97 Å². The van der Waals surface area contributed by atoms with Gasteiger partial charge in [0.05, 0.1) is 6.20 Å². The van der Waals surface area contributed by atoms with Gasteiger partial charge in [0.15, 0.2) is 16.9 Å². The van der Waals surface area contributed by atoms with Gasteiger partial charge in [-0.25, -0.2) is 9.78 Å². The average Bonchev–Trinajstić information content (AvgIpc) is 3.70. The second-order valence-corrected chi connectivity index (χ2v) is 12.9. The molecule has 4 heterocycles. The van der Waals surface area contributed by atoms with Crippen LogP contribution in [0.15, 0.2) is 88.8 Å². The number of rotatable bonds is 10. The standard InChI is InChI=1S/C29H24FN7O5S3/c30-24-19(35-29(31)45-24)20(36-41)25(38)34-21-26(39)37-22(18(14-44-27(21)37)43-13-15-11-32-33-12-15)28(40)42-23(16-7-3-1-4-8-16)17-9-5-2-6-10-17/h1-12,21,23,27,41H,13-14H2,(H2,31,35)(H,32,33)(H,34,38)/b36-20-/t21-,27-/m1/s1. The first kappa shape index (κ1) is 30.4. The van der Waals surface area contributed by atoms with Crippen molar-refractivity contribution in [1.82, 2.24) is 25.4 Å². The molecule has 2 amide bonds. The van der Waals surface area contributed by atoms with Crippen molar-refractivity contribution in [2.45, 2.75) is 23.3 Å². The Bertz CT molecular complexity index is 1740. The summed E-state index contributed by atoms with van der Waals surface area (Å²) in [6.45, 7) is 0. The summed E-state index contributed by atoms with van der Waals surface area (Å²) < 4.78 is 20.4. The van der Waals surface area contributed by atoms with E-state index in [1.165, 1.54) is 28.4 Å². The molecule has 2 aromatic carbocycles. The number of carbonyl (C=O) groups excluding carboxylic acids is 3. The molecule has 2 atom stereocenters. The van der Waals surface area contributed by atoms with Gasteiger partial charge in [-0.1, -0.05) is 77.2 Å². The van der Waals surface area contributed by atoms with E-state index in [1.807, 2.05) is 60.7 Å². The second kappa shape index (κ2) is 13.1. The molecule has 2 aliphatic rings. The third-order valence-corrected chi connectivity index (χ3v) is 10.3. The largest absolute Gasteiger partial charge is 0.448 e. The molecule has 0 saturated carbocycles. The molecule has 1 saturated heterocycles. The number of benzene rings is 2. The Morgan fingerprint density at radius 1 is 1.20 bits per heavy atom. The number of amides is 2. The zero-order chi connectivity index (χ0) is 31.5. The maximum Gasteiger partial charge on any atom is 0.356 e. The van der Waals surface area contributed by atoms with Crippen molar-refractivity contribution in [2.75, 3.05) is 11.5 Å². The SMILES string of the molecule is Nc1nc(/C(=N/O)C(=O)N[C@@H]2C(=O)N3C(C(=O)OC(c4ccccc4)c4ccccc4)=C(SCc4cn[nH]c4)CS[C@H]23)c(F)s1. The fourth-order valence-corrected chi connectivity index (χ4v) is 7.95. The van der Waals surface area contributed by atoms with Crippen molar-refractivity contribution in [3.05, 3.63) is 111 Å². The van der Waals surface area contributed by atoms with Crippen LogP contribution in [0.3, 0.4) is 0 Å². The van der Waals surface area contributed by atoms with E-state index in [0.29, 0.717) is 27.7 Å². The molecule has 0 radical (unpaired) electrons. The van der Waals surface area contributed by atoms with Crippen molar-refractivity contribution in [3.63, 3.8) is 0 Å². The van der Waals surface area contributed by atoms with Gasteiger partial charge in [0.1, 0.15) is 22.8 Å². The molecule has 0 unspecified atom stereocenters. The third kappa shape index (κ3) is 6.16. The van der Waals surface area contributed by atoms with Crippen LogP contribution in [0.4, 0.5) is 9.52 Å². The van der Waals surface area contributed by atoms with E-state index in [2.05, 4.69) is 25.7 Å². The van der Waals surface area contributed by atoms with Gasteiger partial charge in [0.2, 0.25) is 5.13 Å². The molecule has 4 aromatic rings. The average molecular weight is 666 g/mol. The Morgan fingerprint density at radius 3 is 2.47 bits per heavy atom. The second-order valence-electron chi connectivity index (χ2n) is 9.76. The number of oxime groups is 1. The highest BCUT2D eigenvalue weighted by Crippen LogP contribution is 2.45. The first-order chi connectivity index (χ1) is 21.9. The number of esters is 1. The topological polar surface area (TPSA) is 176 Å². The number of H-pyrrole nitrogens is 1. The number of thioether (sulfide) groups is 2. The fraction of sp³-hybridized carbons (Fsp3) is 0.172. The van der Waals surface area contributed by atoms with E-state index in [9.17, 15) is 24.0 Å². The van der Waals surface area contributed by atoms with Crippen LogP contribution in [0.5, 0.6) is 0 Å². The summed E-state index contributed by atoms with van der Waals surface area (Å²) in [6.07, 6.45) is 2.66. The Labute approximate surface area is 267 Å². The van der Waals surface area contributed by atoms with Gasteiger partial charge in [-0.2, -0.15) is 9.49 Å². The number of carbonyl (C=O) groups is 3. The molecular weight excluding hydrogens is 642 g/mol. The molecule has 0 aliphatic carbocycles. The van der Waals surface area contributed by atoms with Crippen molar-refractivity contribution >= 4 is 63.5 Å². The monoisotopic (exact) mass is 665 g/mol. The minimum Gasteiger partial charge on any atom is -0.448 e. The smallest absolute Gasteiger partial charge is 0.356 e. The van der Waals surface area contributed by atoms with Gasteiger partial charge in [-0.05, 0) is 11.1 Å². The Balaban J connectivity index is 1.28. The highest BCUT2D eigenvalue weighted by atomic mass is 32.2. The van der Waals surface area contributed by atoms with Crippen LogP contribution in [0.2, 0.25) is 0 Å². The van der Waals surface area contributed by atoms with E-state index in [1.54, 1.807) is 12.4 Å². The van der Waals surface area contributed by atoms with Crippen LogP contribution in [0.1, 0.15) is 28.5 Å². The van der Waals surface area contributed by atoms with Crippen molar-refractivity contribution in [1.29, 1.82) is 0 Å². The van der Waals surface area contributed by atoms with Crippen LogP contribution in [0, 0.1) is 5.13 Å². The molecule has 2 aromatic heterocycles. The number of nitrogens with zero attached hydrogens (tertiary/aromatic N) is 4. The highest BCUT2D eigenvalue weighted by molar-refractivity contribution is 8.05. The molecular formula is C29H24FN7O5S3. The lowest BCUT2D eigenvalue weighted by Crippen LogP contribution is -2.71. The number of hydrogen-bond donors (Lipinski definition) is 4. The zero-order valence-corrected chi connectivity index (χ0v) is 25.6. The van der Waals surface area contributed by atoms with Crippen LogP contribution in [-0.2, 0) is 24.9 Å². The molecule has 0 spiro atoms. The lowest BCUT2D eigenvalue weighted by atomic mass is 10.0. The third-order valence-electron chi connectivity index (χ3n) is 6.95. The minimum absolute atomic E-state index is 0.0778. The lowest BCUT2D eigenvalue weighted by Gasteiger charge is -2.49. The van der Waals surface area contributed by atoms with Gasteiger partial charge in [0.25, 0.3) is 11.8 Å². The first-order valence-corrected chi connectivity index (χ1v) is 16.2. The molecule has 6 rings (SSSR count). The summed E-state index contributed by atoms with van der Waals surface area (Å²) >= 11 is 3.20. The number of thiazole rings is 1. The summed E-state index contributed by atoms with van der Waals surface area (Å²) in [4.78, 5) is 46.3. The fourth-order valence-electron chi connectivity index (χ4n) is 4.84. The van der Waals surface area contributed by atoms with E-state index in [-0.39, 0.29) is 10.8 Å². The number of ether oxygens (including phenoxy) is 1. The summed E-state index contributed by atoms with van der Waals surface area (Å²) in [5, 5.41) is 19.8. The summed E-state index contributed by atoms with van der Waals surface area (Å²) in [6, 6.07) is 17.4. The quantitative estimate of drug-likeness (QED) is 0.0643. The molecule has 1 fully saturated rings. The number of halogens is 1. The van der Waals surface area contributed by atoms with Crippen molar-refractivity contribution in [2.24, 2.45) is 5.16 Å². The summed E-state index contributed by atoms with van der Waals surface area (Å²) in [7, 11) is 0. The maximum atomic E-state index is 14.3. The molecule has 2 aliphatic heterocycles. The lowest BCUT2D eigenvalue weighted by molar-refractivity contribution is -0.154. The van der Waals surface area contributed by atoms with Gasteiger partial charge < -0.3 is 21.0 Å². The Hall–Kier alpha value is -4.67. The predicted octanol–water partition coefficient (Wildman–Crippen LogP) is 3.64. The van der Waals surface area contributed by atoms with Gasteiger partial charge in [-0.15, -0.1) is 23.5 Å². The Morgan fingerprint density at radius 2 is 1.89 bits per heavy atom. The van der Waals surface area contributed by atoms with E-state index in [4.69, 9.17) is 10.5 Å². The van der Waals surface area contributed by atoms with E-state index < -0.39 is 51.8 Å². The summed E-state index contributed by atoms with van der Waals surface area (Å²) in [5.74, 6) is -1.49. The molecule has 0 bridgehead atoms. The number of aromatic nitrogens is 3. The van der Waals surface area contributed by atoms with Crippen LogP contribution < -0.4 is 11.1 Å². The number of anilines is 1. The first-order valence-electron chi connectivity index (χ1n) is 13.4.